The number of aryl methyl sites for hydroxylation is 2. The summed E-state index contributed by atoms with van der Waals surface area (Å²) in [6.07, 6.45) is 5.63. The molecule has 1 aromatic rings. The lowest BCUT2D eigenvalue weighted by molar-refractivity contribution is 0.281. The predicted octanol–water partition coefficient (Wildman–Crippen LogP) is 2.64. The van der Waals surface area contributed by atoms with Crippen molar-refractivity contribution < 1.29 is 0 Å². The lowest BCUT2D eigenvalue weighted by atomic mass is 9.83. The van der Waals surface area contributed by atoms with E-state index in [-0.39, 0.29) is 0 Å². The van der Waals surface area contributed by atoms with E-state index in [2.05, 4.69) is 23.4 Å². The van der Waals surface area contributed by atoms with Crippen molar-refractivity contribution in [2.24, 2.45) is 18.9 Å². The minimum absolute atomic E-state index is 0.889. The van der Waals surface area contributed by atoms with Gasteiger partial charge in [0.1, 0.15) is 0 Å². The van der Waals surface area contributed by atoms with Crippen LogP contribution >= 0.6 is 0 Å². The third-order valence-corrected chi connectivity index (χ3v) is 3.97. The van der Waals surface area contributed by atoms with Crippen molar-refractivity contribution in [2.45, 2.75) is 46.1 Å². The van der Waals surface area contributed by atoms with Gasteiger partial charge in [-0.15, -0.1) is 0 Å². The maximum absolute atomic E-state index is 4.36. The van der Waals surface area contributed by atoms with Crippen LogP contribution in [0.25, 0.3) is 0 Å². The fourth-order valence-electron chi connectivity index (χ4n) is 2.77. The van der Waals surface area contributed by atoms with E-state index in [0.29, 0.717) is 0 Å². The first-order chi connectivity index (χ1) is 8.15. The molecule has 1 heterocycles. The van der Waals surface area contributed by atoms with E-state index in [1.807, 2.05) is 18.7 Å². The largest absolute Gasteiger partial charge is 0.311 e. The van der Waals surface area contributed by atoms with Gasteiger partial charge in [0.2, 0.25) is 0 Å². The highest BCUT2D eigenvalue weighted by Gasteiger charge is 2.17. The van der Waals surface area contributed by atoms with Gasteiger partial charge in [-0.3, -0.25) is 4.68 Å². The molecule has 96 valence electrons. The Labute approximate surface area is 105 Å². The molecule has 0 amide bonds. The Morgan fingerprint density at radius 2 is 2.06 bits per heavy atom. The third kappa shape index (κ3) is 3.56. The number of nitrogens with zero attached hydrogens (tertiary/aromatic N) is 2. The highest BCUT2D eigenvalue weighted by molar-refractivity contribution is 5.08. The summed E-state index contributed by atoms with van der Waals surface area (Å²) in [6.45, 7) is 6.54. The van der Waals surface area contributed by atoms with Crippen LogP contribution in [0.5, 0.6) is 0 Å². The van der Waals surface area contributed by atoms with E-state index in [1.54, 1.807) is 0 Å². The Morgan fingerprint density at radius 1 is 1.35 bits per heavy atom. The Morgan fingerprint density at radius 3 is 2.65 bits per heavy atom. The van der Waals surface area contributed by atoms with Gasteiger partial charge in [-0.25, -0.2) is 0 Å². The number of aromatic nitrogens is 2. The van der Waals surface area contributed by atoms with Gasteiger partial charge in [0, 0.05) is 13.6 Å². The summed E-state index contributed by atoms with van der Waals surface area (Å²) in [5, 5.41) is 7.94. The molecule has 3 nitrogen and oxygen atoms in total. The molecule has 17 heavy (non-hydrogen) atoms. The van der Waals surface area contributed by atoms with Crippen LogP contribution in [0.15, 0.2) is 6.07 Å². The zero-order valence-corrected chi connectivity index (χ0v) is 11.4. The Hall–Kier alpha value is -0.830. The van der Waals surface area contributed by atoms with Crippen molar-refractivity contribution in [3.8, 4) is 0 Å². The molecule has 1 N–H and O–H groups in total. The van der Waals surface area contributed by atoms with E-state index in [4.69, 9.17) is 0 Å². The average Bonchev–Trinajstić information content (AvgIpc) is 2.60. The van der Waals surface area contributed by atoms with Crippen LogP contribution in [0.3, 0.4) is 0 Å². The summed E-state index contributed by atoms with van der Waals surface area (Å²) < 4.78 is 1.98. The molecule has 0 radical (unpaired) electrons. The van der Waals surface area contributed by atoms with Crippen molar-refractivity contribution >= 4 is 0 Å². The van der Waals surface area contributed by atoms with Gasteiger partial charge < -0.3 is 5.32 Å². The number of rotatable bonds is 4. The minimum atomic E-state index is 0.889. The quantitative estimate of drug-likeness (QED) is 0.869. The molecule has 1 aliphatic carbocycles. The van der Waals surface area contributed by atoms with E-state index >= 15 is 0 Å². The van der Waals surface area contributed by atoms with Crippen molar-refractivity contribution in [1.82, 2.24) is 15.1 Å². The van der Waals surface area contributed by atoms with Crippen LogP contribution in [0.1, 0.15) is 44.0 Å². The van der Waals surface area contributed by atoms with E-state index in [1.165, 1.54) is 31.4 Å². The molecule has 0 spiro atoms. The maximum Gasteiger partial charge on any atom is 0.0597 e. The van der Waals surface area contributed by atoms with Gasteiger partial charge in [-0.05, 0) is 44.2 Å². The zero-order chi connectivity index (χ0) is 12.3. The summed E-state index contributed by atoms with van der Waals surface area (Å²) in [5.41, 5.74) is 2.39. The minimum Gasteiger partial charge on any atom is -0.311 e. The summed E-state index contributed by atoms with van der Waals surface area (Å²) >= 11 is 0. The monoisotopic (exact) mass is 235 g/mol. The molecular formula is C14H25N3. The molecule has 0 unspecified atom stereocenters. The standard InChI is InChI=1S/C14H25N3/c1-11-4-6-13(7-5-11)9-15-10-14-8-12(2)16-17(14)3/h8,11,13,15H,4-7,9-10H2,1-3H3. The maximum atomic E-state index is 4.36. The van der Waals surface area contributed by atoms with Gasteiger partial charge in [0.15, 0.2) is 0 Å². The van der Waals surface area contributed by atoms with Crippen LogP contribution in [0, 0.1) is 18.8 Å². The van der Waals surface area contributed by atoms with E-state index in [9.17, 15) is 0 Å². The Kier molecular flexibility index (Phi) is 4.21. The first kappa shape index (κ1) is 12.6. The smallest absolute Gasteiger partial charge is 0.0597 e. The van der Waals surface area contributed by atoms with Crippen LogP contribution in [-0.4, -0.2) is 16.3 Å². The molecular weight excluding hydrogens is 210 g/mol. The fourth-order valence-corrected chi connectivity index (χ4v) is 2.77. The van der Waals surface area contributed by atoms with Crippen LogP contribution in [0.4, 0.5) is 0 Å². The van der Waals surface area contributed by atoms with Gasteiger partial charge in [0.05, 0.1) is 11.4 Å². The molecule has 0 aromatic carbocycles. The number of nitrogens with one attached hydrogen (secondary N) is 1. The molecule has 1 saturated carbocycles. The highest BCUT2D eigenvalue weighted by atomic mass is 15.3. The molecule has 0 atom stereocenters. The zero-order valence-electron chi connectivity index (χ0n) is 11.4. The van der Waals surface area contributed by atoms with Gasteiger partial charge in [-0.1, -0.05) is 19.8 Å². The number of hydrogen-bond donors (Lipinski definition) is 1. The summed E-state index contributed by atoms with van der Waals surface area (Å²) in [7, 11) is 2.02. The fraction of sp³-hybridized carbons (Fsp3) is 0.786. The Balaban J connectivity index is 1.71. The second-order valence-corrected chi connectivity index (χ2v) is 5.66. The van der Waals surface area contributed by atoms with Gasteiger partial charge in [-0.2, -0.15) is 5.10 Å². The molecule has 3 heteroatoms. The lowest BCUT2D eigenvalue weighted by Gasteiger charge is -2.26. The van der Waals surface area contributed by atoms with Crippen LogP contribution < -0.4 is 5.32 Å². The van der Waals surface area contributed by atoms with Crippen molar-refractivity contribution in [3.63, 3.8) is 0 Å². The average molecular weight is 235 g/mol. The highest BCUT2D eigenvalue weighted by Crippen LogP contribution is 2.27. The topological polar surface area (TPSA) is 29.9 Å². The van der Waals surface area contributed by atoms with E-state index < -0.39 is 0 Å². The lowest BCUT2D eigenvalue weighted by Crippen LogP contribution is -2.26. The molecule has 1 aliphatic rings. The van der Waals surface area contributed by atoms with Crippen molar-refractivity contribution in [2.75, 3.05) is 6.54 Å². The summed E-state index contributed by atoms with van der Waals surface area (Å²) in [5.74, 6) is 1.84. The summed E-state index contributed by atoms with van der Waals surface area (Å²) in [4.78, 5) is 0. The normalized spacial score (nSPS) is 25.1. The molecule has 2 rings (SSSR count). The molecule has 0 saturated heterocycles. The second kappa shape index (κ2) is 5.67. The molecule has 1 aromatic heterocycles. The SMILES string of the molecule is Cc1cc(CNCC2CCC(C)CC2)n(C)n1. The van der Waals surface area contributed by atoms with Crippen LogP contribution in [0.2, 0.25) is 0 Å². The van der Waals surface area contributed by atoms with Crippen LogP contribution in [-0.2, 0) is 13.6 Å². The Bertz CT molecular complexity index is 348. The van der Waals surface area contributed by atoms with Gasteiger partial charge >= 0.3 is 0 Å². The molecule has 0 bridgehead atoms. The predicted molar refractivity (Wildman–Crippen MR) is 70.8 cm³/mol. The first-order valence-corrected chi connectivity index (χ1v) is 6.85. The van der Waals surface area contributed by atoms with Crippen molar-refractivity contribution in [1.29, 1.82) is 0 Å². The third-order valence-electron chi connectivity index (χ3n) is 3.97. The first-order valence-electron chi connectivity index (χ1n) is 6.85. The summed E-state index contributed by atoms with van der Waals surface area (Å²) in [6, 6.07) is 2.16. The number of hydrogen-bond acceptors (Lipinski definition) is 2. The molecule has 1 fully saturated rings. The van der Waals surface area contributed by atoms with Crippen molar-refractivity contribution in [3.05, 3.63) is 17.5 Å². The van der Waals surface area contributed by atoms with Gasteiger partial charge in [0.25, 0.3) is 0 Å². The molecule has 0 aliphatic heterocycles. The second-order valence-electron chi connectivity index (χ2n) is 5.66. The van der Waals surface area contributed by atoms with E-state index in [0.717, 1.165) is 30.6 Å².